The molecule has 1 aromatic carbocycles. The van der Waals surface area contributed by atoms with Gasteiger partial charge in [-0.05, 0) is 18.4 Å². The number of aryl methyl sites for hydroxylation is 1. The number of rotatable bonds is 5. The minimum atomic E-state index is -4.50. The summed E-state index contributed by atoms with van der Waals surface area (Å²) in [4.78, 5) is 18.9. The molecule has 3 rings (SSSR count). The van der Waals surface area contributed by atoms with Crippen molar-refractivity contribution in [2.75, 3.05) is 13.1 Å². The fourth-order valence-electron chi connectivity index (χ4n) is 3.37. The molecule has 0 spiro atoms. The third-order valence-electron chi connectivity index (χ3n) is 4.53. The second-order valence-corrected chi connectivity index (χ2v) is 8.46. The largest absolute Gasteiger partial charge is 0.406 e. The lowest BCUT2D eigenvalue weighted by molar-refractivity contribution is -0.142. The van der Waals surface area contributed by atoms with Crippen LogP contribution in [0.4, 0.5) is 13.2 Å². The fraction of sp³-hybridized carbons (Fsp3) is 0.409. The molecule has 8 heteroatoms. The molecule has 0 N–H and O–H groups in total. The molecule has 0 unspecified atom stereocenters. The number of pyridine rings is 1. The summed E-state index contributed by atoms with van der Waals surface area (Å²) >= 11 is 0. The first-order valence-electron chi connectivity index (χ1n) is 9.76. The van der Waals surface area contributed by atoms with Gasteiger partial charge in [-0.15, -0.1) is 0 Å². The van der Waals surface area contributed by atoms with E-state index >= 15 is 0 Å². The van der Waals surface area contributed by atoms with Crippen LogP contribution >= 0.6 is 0 Å². The topological polar surface area (TPSA) is 51.0 Å². The van der Waals surface area contributed by atoms with Crippen molar-refractivity contribution in [1.82, 2.24) is 19.7 Å². The molecule has 0 aliphatic carbocycles. The number of aromatic nitrogens is 3. The van der Waals surface area contributed by atoms with Gasteiger partial charge in [-0.25, -0.2) is 9.67 Å². The minimum Gasteiger partial charge on any atom is -0.329 e. The van der Waals surface area contributed by atoms with E-state index in [1.165, 1.54) is 6.20 Å². The van der Waals surface area contributed by atoms with E-state index in [2.05, 4.69) is 10.1 Å². The highest BCUT2D eigenvalue weighted by Gasteiger charge is 2.36. The van der Waals surface area contributed by atoms with Crippen LogP contribution in [0, 0.1) is 5.41 Å². The Balaban J connectivity index is 2.16. The summed E-state index contributed by atoms with van der Waals surface area (Å²) in [6, 6.07) is 10.8. The van der Waals surface area contributed by atoms with Crippen molar-refractivity contribution in [2.24, 2.45) is 5.41 Å². The highest BCUT2D eigenvalue weighted by molar-refractivity contribution is 6.06. The molecule has 5 nitrogen and oxygen atoms in total. The van der Waals surface area contributed by atoms with E-state index in [0.29, 0.717) is 23.3 Å². The third kappa shape index (κ3) is 4.98. The lowest BCUT2D eigenvalue weighted by Gasteiger charge is -2.31. The molecular weight excluding hydrogens is 393 g/mol. The third-order valence-corrected chi connectivity index (χ3v) is 4.53. The average molecular weight is 418 g/mol. The molecule has 2 heterocycles. The number of benzene rings is 1. The van der Waals surface area contributed by atoms with Crippen molar-refractivity contribution in [2.45, 2.75) is 40.4 Å². The van der Waals surface area contributed by atoms with Gasteiger partial charge in [-0.1, -0.05) is 51.1 Å². The predicted octanol–water partition coefficient (Wildman–Crippen LogP) is 5.17. The number of fused-ring (bicyclic) bond motifs is 1. The number of halogens is 3. The van der Waals surface area contributed by atoms with Crippen LogP contribution in [-0.2, 0) is 6.54 Å². The summed E-state index contributed by atoms with van der Waals surface area (Å²) in [5.74, 6) is -0.678. The maximum atomic E-state index is 13.4. The maximum Gasteiger partial charge on any atom is 0.406 e. The molecular formula is C22H25F3N4O. The Morgan fingerprint density at radius 2 is 1.77 bits per heavy atom. The number of hydrogen-bond donors (Lipinski definition) is 0. The fourth-order valence-corrected chi connectivity index (χ4v) is 3.37. The Morgan fingerprint density at radius 3 is 2.33 bits per heavy atom. The van der Waals surface area contributed by atoms with Gasteiger partial charge >= 0.3 is 6.18 Å². The number of hydrogen-bond acceptors (Lipinski definition) is 3. The molecule has 1 amide bonds. The molecule has 0 atom stereocenters. The number of alkyl halides is 3. The first-order chi connectivity index (χ1) is 14.0. The Morgan fingerprint density at radius 1 is 1.10 bits per heavy atom. The number of nitrogens with zero attached hydrogens (tertiary/aromatic N) is 4. The first-order valence-corrected chi connectivity index (χ1v) is 9.76. The quantitative estimate of drug-likeness (QED) is 0.575. The summed E-state index contributed by atoms with van der Waals surface area (Å²) in [7, 11) is 0. The maximum absolute atomic E-state index is 13.4. The van der Waals surface area contributed by atoms with Gasteiger partial charge < -0.3 is 4.90 Å². The van der Waals surface area contributed by atoms with Crippen molar-refractivity contribution < 1.29 is 18.0 Å². The van der Waals surface area contributed by atoms with E-state index in [-0.39, 0.29) is 12.1 Å². The van der Waals surface area contributed by atoms with Crippen molar-refractivity contribution in [1.29, 1.82) is 0 Å². The number of carbonyl (C=O) groups is 1. The molecule has 0 fully saturated rings. The summed E-state index contributed by atoms with van der Waals surface area (Å²) < 4.78 is 41.4. The van der Waals surface area contributed by atoms with Gasteiger partial charge in [0.2, 0.25) is 0 Å². The lowest BCUT2D eigenvalue weighted by atomic mass is 9.95. The molecule has 0 aliphatic heterocycles. The van der Waals surface area contributed by atoms with Gasteiger partial charge in [-0.3, -0.25) is 4.79 Å². The minimum absolute atomic E-state index is 0.0300. The van der Waals surface area contributed by atoms with Crippen LogP contribution < -0.4 is 0 Å². The molecule has 30 heavy (non-hydrogen) atoms. The average Bonchev–Trinajstić information content (AvgIpc) is 3.07. The van der Waals surface area contributed by atoms with Crippen molar-refractivity contribution in [3.05, 3.63) is 48.2 Å². The Labute approximate surface area is 173 Å². The monoisotopic (exact) mass is 418 g/mol. The highest BCUT2D eigenvalue weighted by Crippen LogP contribution is 2.28. The van der Waals surface area contributed by atoms with Gasteiger partial charge in [0.25, 0.3) is 5.91 Å². The predicted molar refractivity (Wildman–Crippen MR) is 110 cm³/mol. The summed E-state index contributed by atoms with van der Waals surface area (Å²) in [6.45, 7) is 6.48. The van der Waals surface area contributed by atoms with Crippen LogP contribution in [0.1, 0.15) is 38.1 Å². The van der Waals surface area contributed by atoms with Crippen molar-refractivity contribution in [3.63, 3.8) is 0 Å². The van der Waals surface area contributed by atoms with Crippen LogP contribution in [0.2, 0.25) is 0 Å². The standard InChI is InChI=1S/C22H25F3N4O/c1-5-29-19-17(12-26-29)16(11-18(27-19)15-9-7-6-8-10-15)20(30)28(13-21(2,3)4)14-22(23,24)25/h6-12H,5,13-14H2,1-4H3. The smallest absolute Gasteiger partial charge is 0.329 e. The van der Waals surface area contributed by atoms with Crippen LogP contribution in [0.3, 0.4) is 0 Å². The zero-order chi connectivity index (χ0) is 22.1. The molecule has 0 saturated carbocycles. The van der Waals surface area contributed by atoms with E-state index in [1.54, 1.807) is 31.5 Å². The summed E-state index contributed by atoms with van der Waals surface area (Å²) in [5, 5.41) is 4.71. The van der Waals surface area contributed by atoms with Crippen LogP contribution in [0.25, 0.3) is 22.3 Å². The highest BCUT2D eigenvalue weighted by atomic mass is 19.4. The second-order valence-electron chi connectivity index (χ2n) is 8.46. The summed E-state index contributed by atoms with van der Waals surface area (Å²) in [6.07, 6.45) is -3.00. The Kier molecular flexibility index (Phi) is 5.87. The van der Waals surface area contributed by atoms with Crippen molar-refractivity contribution >= 4 is 16.9 Å². The lowest BCUT2D eigenvalue weighted by Crippen LogP contribution is -2.43. The van der Waals surface area contributed by atoms with Crippen molar-refractivity contribution in [3.8, 4) is 11.3 Å². The van der Waals surface area contributed by atoms with E-state index in [0.717, 1.165) is 10.5 Å². The normalized spacial score (nSPS) is 12.4. The SMILES string of the molecule is CCn1ncc2c(C(=O)N(CC(C)(C)C)CC(F)(F)F)cc(-c3ccccc3)nc21. The molecule has 2 aromatic heterocycles. The number of carbonyl (C=O) groups excluding carboxylic acids is 1. The zero-order valence-corrected chi connectivity index (χ0v) is 17.5. The van der Waals surface area contributed by atoms with E-state index in [1.807, 2.05) is 37.3 Å². The van der Waals surface area contributed by atoms with Gasteiger partial charge in [0.15, 0.2) is 5.65 Å². The van der Waals surface area contributed by atoms with Crippen LogP contribution in [0.15, 0.2) is 42.6 Å². The summed E-state index contributed by atoms with van der Waals surface area (Å²) in [5.41, 5.74) is 1.44. The van der Waals surface area contributed by atoms with Gasteiger partial charge in [-0.2, -0.15) is 18.3 Å². The van der Waals surface area contributed by atoms with E-state index in [4.69, 9.17) is 0 Å². The van der Waals surface area contributed by atoms with Crippen LogP contribution in [0.5, 0.6) is 0 Å². The Hall–Kier alpha value is -2.90. The molecule has 160 valence electrons. The zero-order valence-electron chi connectivity index (χ0n) is 17.5. The van der Waals surface area contributed by atoms with E-state index in [9.17, 15) is 18.0 Å². The Bertz CT molecular complexity index is 1020. The van der Waals surface area contributed by atoms with Gasteiger partial charge in [0.05, 0.1) is 22.8 Å². The molecule has 0 saturated heterocycles. The molecule has 3 aromatic rings. The molecule has 0 aliphatic rings. The van der Waals surface area contributed by atoms with Gasteiger partial charge in [0, 0.05) is 18.7 Å². The number of amides is 1. The van der Waals surface area contributed by atoms with E-state index < -0.39 is 24.0 Å². The van der Waals surface area contributed by atoms with Gasteiger partial charge in [0.1, 0.15) is 6.54 Å². The first kappa shape index (κ1) is 21.8. The second kappa shape index (κ2) is 8.08. The molecule has 0 bridgehead atoms. The molecule has 0 radical (unpaired) electrons. The van der Waals surface area contributed by atoms with Crippen LogP contribution in [-0.4, -0.2) is 44.8 Å².